The molecule has 2 aromatic rings. The highest BCUT2D eigenvalue weighted by molar-refractivity contribution is 7.89. The van der Waals surface area contributed by atoms with Crippen LogP contribution in [-0.2, 0) is 16.6 Å². The molecule has 0 aromatic carbocycles. The van der Waals surface area contributed by atoms with Gasteiger partial charge >= 0.3 is 0 Å². The summed E-state index contributed by atoms with van der Waals surface area (Å²) in [6.07, 6.45) is 1.40. The Morgan fingerprint density at radius 2 is 2.05 bits per heavy atom. The Balaban J connectivity index is 2.13. The molecule has 2 aromatic heterocycles. The highest BCUT2D eigenvalue weighted by Gasteiger charge is 2.16. The molecule has 1 N–H and O–H groups in total. The summed E-state index contributed by atoms with van der Waals surface area (Å²) < 4.78 is 26.7. The third-order valence-corrected chi connectivity index (χ3v) is 5.81. The lowest BCUT2D eigenvalue weighted by atomic mass is 10.3. The molecule has 0 bridgehead atoms. The summed E-state index contributed by atoms with van der Waals surface area (Å²) in [4.78, 5) is 7.74. The Bertz CT molecular complexity index is 722. The fourth-order valence-electron chi connectivity index (χ4n) is 2.00. The molecule has 0 saturated heterocycles. The van der Waals surface area contributed by atoms with E-state index in [-0.39, 0.29) is 10.9 Å². The first-order valence-corrected chi connectivity index (χ1v) is 9.38. The highest BCUT2D eigenvalue weighted by Crippen LogP contribution is 2.20. The standard InChI is InChI=1S/C15H21N3O2S2/c1-11(2)17-22(19,20)13-5-6-15(16-9-13)18(4)10-14-12(3)7-8-21-14/h5-9,11,17H,10H2,1-4H3. The van der Waals surface area contributed by atoms with Gasteiger partial charge in [-0.3, -0.25) is 0 Å². The van der Waals surface area contributed by atoms with Gasteiger partial charge in [-0.1, -0.05) is 0 Å². The van der Waals surface area contributed by atoms with Gasteiger partial charge in [-0.2, -0.15) is 0 Å². The molecule has 0 radical (unpaired) electrons. The molecule has 2 heterocycles. The Morgan fingerprint density at radius 1 is 1.32 bits per heavy atom. The smallest absolute Gasteiger partial charge is 0.242 e. The fourth-order valence-corrected chi connectivity index (χ4v) is 4.15. The van der Waals surface area contributed by atoms with Crippen LogP contribution in [0.15, 0.2) is 34.7 Å². The molecule has 22 heavy (non-hydrogen) atoms. The fraction of sp³-hybridized carbons (Fsp3) is 0.400. The van der Waals surface area contributed by atoms with Crippen LogP contribution in [0.3, 0.4) is 0 Å². The monoisotopic (exact) mass is 339 g/mol. The second-order valence-electron chi connectivity index (χ2n) is 5.51. The molecule has 0 saturated carbocycles. The third-order valence-electron chi connectivity index (χ3n) is 3.16. The van der Waals surface area contributed by atoms with E-state index in [9.17, 15) is 8.42 Å². The number of pyridine rings is 1. The van der Waals surface area contributed by atoms with Gasteiger partial charge in [0.1, 0.15) is 10.7 Å². The van der Waals surface area contributed by atoms with Crippen LogP contribution in [0.1, 0.15) is 24.3 Å². The maximum absolute atomic E-state index is 12.1. The number of nitrogens with one attached hydrogen (secondary N) is 1. The van der Waals surface area contributed by atoms with E-state index in [1.807, 2.05) is 11.9 Å². The van der Waals surface area contributed by atoms with E-state index in [0.717, 1.165) is 12.4 Å². The summed E-state index contributed by atoms with van der Waals surface area (Å²) in [5, 5.41) is 2.07. The normalized spacial score (nSPS) is 11.9. The predicted molar refractivity (Wildman–Crippen MR) is 90.9 cm³/mol. The average molecular weight is 339 g/mol. The van der Waals surface area contributed by atoms with Gasteiger partial charge in [0.25, 0.3) is 0 Å². The third kappa shape index (κ3) is 4.06. The van der Waals surface area contributed by atoms with E-state index in [2.05, 4.69) is 28.1 Å². The second kappa shape index (κ2) is 6.76. The van der Waals surface area contributed by atoms with Crippen molar-refractivity contribution in [2.45, 2.75) is 38.3 Å². The maximum atomic E-state index is 12.1. The van der Waals surface area contributed by atoms with Gasteiger partial charge < -0.3 is 4.90 Å². The molecule has 0 atom stereocenters. The molecule has 0 unspecified atom stereocenters. The Morgan fingerprint density at radius 3 is 2.55 bits per heavy atom. The van der Waals surface area contributed by atoms with Crippen LogP contribution in [0.2, 0.25) is 0 Å². The Labute approximate surface area is 136 Å². The zero-order valence-corrected chi connectivity index (χ0v) is 14.8. The molecule has 0 aliphatic rings. The number of hydrogen-bond donors (Lipinski definition) is 1. The molecule has 7 heteroatoms. The van der Waals surface area contributed by atoms with Crippen molar-refractivity contribution in [2.24, 2.45) is 0 Å². The second-order valence-corrected chi connectivity index (χ2v) is 8.23. The minimum Gasteiger partial charge on any atom is -0.355 e. The lowest BCUT2D eigenvalue weighted by Gasteiger charge is -2.18. The van der Waals surface area contributed by atoms with Gasteiger partial charge in [-0.05, 0) is 49.9 Å². The van der Waals surface area contributed by atoms with Crippen LogP contribution in [0.4, 0.5) is 5.82 Å². The van der Waals surface area contributed by atoms with Crippen molar-refractivity contribution in [3.05, 3.63) is 40.2 Å². The first kappa shape index (κ1) is 16.9. The quantitative estimate of drug-likeness (QED) is 0.879. The largest absolute Gasteiger partial charge is 0.355 e. The number of sulfonamides is 1. The van der Waals surface area contributed by atoms with E-state index in [0.29, 0.717) is 0 Å². The van der Waals surface area contributed by atoms with Crippen molar-refractivity contribution in [3.8, 4) is 0 Å². The number of anilines is 1. The molecule has 5 nitrogen and oxygen atoms in total. The zero-order valence-electron chi connectivity index (χ0n) is 13.2. The number of nitrogens with zero attached hydrogens (tertiary/aromatic N) is 2. The lowest BCUT2D eigenvalue weighted by Crippen LogP contribution is -2.30. The Hall–Kier alpha value is -1.44. The zero-order chi connectivity index (χ0) is 16.3. The minimum atomic E-state index is -3.49. The molecular weight excluding hydrogens is 318 g/mol. The summed E-state index contributed by atoms with van der Waals surface area (Å²) >= 11 is 1.71. The van der Waals surface area contributed by atoms with Crippen LogP contribution in [-0.4, -0.2) is 26.5 Å². The summed E-state index contributed by atoms with van der Waals surface area (Å²) in [5.41, 5.74) is 1.26. The molecular formula is C15H21N3O2S2. The summed E-state index contributed by atoms with van der Waals surface area (Å²) in [7, 11) is -1.54. The van der Waals surface area contributed by atoms with Gasteiger partial charge in [-0.15, -0.1) is 11.3 Å². The number of rotatable bonds is 6. The molecule has 2 rings (SSSR count). The number of hydrogen-bond acceptors (Lipinski definition) is 5. The first-order chi connectivity index (χ1) is 10.3. The SMILES string of the molecule is Cc1ccsc1CN(C)c1ccc(S(=O)(=O)NC(C)C)cn1. The van der Waals surface area contributed by atoms with Crippen LogP contribution in [0.25, 0.3) is 0 Å². The lowest BCUT2D eigenvalue weighted by molar-refractivity contribution is 0.569. The van der Waals surface area contributed by atoms with Crippen LogP contribution < -0.4 is 9.62 Å². The maximum Gasteiger partial charge on any atom is 0.242 e. The van der Waals surface area contributed by atoms with Crippen molar-refractivity contribution in [1.82, 2.24) is 9.71 Å². The van der Waals surface area contributed by atoms with E-state index >= 15 is 0 Å². The van der Waals surface area contributed by atoms with Gasteiger partial charge in [0.05, 0.1) is 6.54 Å². The predicted octanol–water partition coefficient (Wildman–Crippen LogP) is 2.77. The molecule has 0 aliphatic heterocycles. The Kier molecular flexibility index (Phi) is 5.20. The van der Waals surface area contributed by atoms with Crippen LogP contribution >= 0.6 is 11.3 Å². The number of thiophene rings is 1. The number of aryl methyl sites for hydroxylation is 1. The van der Waals surface area contributed by atoms with E-state index < -0.39 is 10.0 Å². The molecule has 0 spiro atoms. The van der Waals surface area contributed by atoms with E-state index in [4.69, 9.17) is 0 Å². The van der Waals surface area contributed by atoms with Gasteiger partial charge in [-0.25, -0.2) is 18.1 Å². The molecule has 0 amide bonds. The average Bonchev–Trinajstić information content (AvgIpc) is 2.83. The van der Waals surface area contributed by atoms with Crippen molar-refractivity contribution in [1.29, 1.82) is 0 Å². The molecule has 0 fully saturated rings. The van der Waals surface area contributed by atoms with Crippen molar-refractivity contribution in [3.63, 3.8) is 0 Å². The molecule has 120 valence electrons. The summed E-state index contributed by atoms with van der Waals surface area (Å²) in [5.74, 6) is 0.747. The number of aromatic nitrogens is 1. The highest BCUT2D eigenvalue weighted by atomic mass is 32.2. The van der Waals surface area contributed by atoms with Crippen molar-refractivity contribution >= 4 is 27.2 Å². The topological polar surface area (TPSA) is 62.3 Å². The van der Waals surface area contributed by atoms with E-state index in [1.165, 1.54) is 16.6 Å². The first-order valence-electron chi connectivity index (χ1n) is 7.02. The van der Waals surface area contributed by atoms with Crippen LogP contribution in [0, 0.1) is 6.92 Å². The van der Waals surface area contributed by atoms with Crippen LogP contribution in [0.5, 0.6) is 0 Å². The molecule has 0 aliphatic carbocycles. The minimum absolute atomic E-state index is 0.144. The van der Waals surface area contributed by atoms with Crippen molar-refractivity contribution < 1.29 is 8.42 Å². The summed E-state index contributed by atoms with van der Waals surface area (Å²) in [6, 6.07) is 5.27. The summed E-state index contributed by atoms with van der Waals surface area (Å²) in [6.45, 7) is 6.42. The van der Waals surface area contributed by atoms with E-state index in [1.54, 1.807) is 37.3 Å². The van der Waals surface area contributed by atoms with Crippen molar-refractivity contribution in [2.75, 3.05) is 11.9 Å². The van der Waals surface area contributed by atoms with Gasteiger partial charge in [0, 0.05) is 24.2 Å². The van der Waals surface area contributed by atoms with Gasteiger partial charge in [0.15, 0.2) is 0 Å². The van der Waals surface area contributed by atoms with Gasteiger partial charge in [0.2, 0.25) is 10.0 Å².